The Hall–Kier alpha value is -0.880. The molecule has 0 amide bonds. The molecule has 5 nitrogen and oxygen atoms in total. The van der Waals surface area contributed by atoms with Gasteiger partial charge >= 0.3 is 0 Å². The predicted octanol–water partition coefficient (Wildman–Crippen LogP) is 0.354. The zero-order chi connectivity index (χ0) is 10.8. The van der Waals surface area contributed by atoms with E-state index in [2.05, 4.69) is 9.82 Å². The second-order valence-electron chi connectivity index (χ2n) is 3.60. The first-order valence-electron chi connectivity index (χ1n) is 4.40. The summed E-state index contributed by atoms with van der Waals surface area (Å²) in [6.45, 7) is 4.34. The Bertz CT molecular complexity index is 394. The summed E-state index contributed by atoms with van der Waals surface area (Å²) in [5.41, 5.74) is 0. The topological polar surface area (TPSA) is 64.0 Å². The van der Waals surface area contributed by atoms with Crippen LogP contribution in [0, 0.1) is 5.92 Å². The summed E-state index contributed by atoms with van der Waals surface area (Å²) in [4.78, 5) is 0.209. The van der Waals surface area contributed by atoms with Crippen LogP contribution in [-0.2, 0) is 17.1 Å². The average Bonchev–Trinajstić information content (AvgIpc) is 2.49. The molecule has 0 saturated heterocycles. The SMILES string of the molecule is CC(C)CNS(=O)(=O)c1cnn(C)c1. The third-order valence-corrected chi connectivity index (χ3v) is 3.05. The number of hydrogen-bond acceptors (Lipinski definition) is 3. The molecule has 0 aliphatic carbocycles. The first-order chi connectivity index (χ1) is 6.42. The van der Waals surface area contributed by atoms with E-state index in [1.165, 1.54) is 17.1 Å². The molecule has 1 heterocycles. The summed E-state index contributed by atoms with van der Waals surface area (Å²) >= 11 is 0. The lowest BCUT2D eigenvalue weighted by atomic mass is 10.2. The van der Waals surface area contributed by atoms with Gasteiger partial charge < -0.3 is 0 Å². The van der Waals surface area contributed by atoms with E-state index in [-0.39, 0.29) is 4.90 Å². The minimum atomic E-state index is -3.37. The lowest BCUT2D eigenvalue weighted by Crippen LogP contribution is -2.27. The number of nitrogens with one attached hydrogen (secondary N) is 1. The average molecular weight is 217 g/mol. The van der Waals surface area contributed by atoms with E-state index < -0.39 is 10.0 Å². The van der Waals surface area contributed by atoms with Crippen molar-refractivity contribution in [2.75, 3.05) is 6.54 Å². The molecule has 0 unspecified atom stereocenters. The van der Waals surface area contributed by atoms with Crippen LogP contribution in [0.3, 0.4) is 0 Å². The Labute approximate surface area is 84.2 Å². The molecular formula is C8H15N3O2S. The minimum Gasteiger partial charge on any atom is -0.274 e. The van der Waals surface area contributed by atoms with Crippen molar-refractivity contribution < 1.29 is 8.42 Å². The standard InChI is InChI=1S/C8H15N3O2S/c1-7(2)4-10-14(12,13)8-5-9-11(3)6-8/h5-7,10H,4H2,1-3H3. The molecule has 6 heteroatoms. The van der Waals surface area contributed by atoms with Crippen LogP contribution in [0.1, 0.15) is 13.8 Å². The van der Waals surface area contributed by atoms with Crippen molar-refractivity contribution in [1.29, 1.82) is 0 Å². The highest BCUT2D eigenvalue weighted by molar-refractivity contribution is 7.89. The summed E-state index contributed by atoms with van der Waals surface area (Å²) in [5.74, 6) is 0.293. The Morgan fingerprint density at radius 1 is 1.57 bits per heavy atom. The van der Waals surface area contributed by atoms with E-state index in [1.807, 2.05) is 13.8 Å². The molecule has 14 heavy (non-hydrogen) atoms. The van der Waals surface area contributed by atoms with Crippen LogP contribution in [0.2, 0.25) is 0 Å². The molecule has 0 saturated carbocycles. The van der Waals surface area contributed by atoms with Gasteiger partial charge in [0.2, 0.25) is 10.0 Å². The second kappa shape index (κ2) is 4.10. The minimum absolute atomic E-state index is 0.209. The number of hydrogen-bond donors (Lipinski definition) is 1. The Balaban J connectivity index is 2.76. The Morgan fingerprint density at radius 2 is 2.21 bits per heavy atom. The van der Waals surface area contributed by atoms with Gasteiger partial charge in [-0.05, 0) is 5.92 Å². The molecule has 1 aromatic heterocycles. The maximum absolute atomic E-state index is 11.6. The van der Waals surface area contributed by atoms with E-state index in [0.717, 1.165) is 0 Å². The smallest absolute Gasteiger partial charge is 0.243 e. The fraction of sp³-hybridized carbons (Fsp3) is 0.625. The first kappa shape index (κ1) is 11.2. The Kier molecular flexibility index (Phi) is 3.28. The van der Waals surface area contributed by atoms with Gasteiger partial charge in [0.25, 0.3) is 0 Å². The zero-order valence-electron chi connectivity index (χ0n) is 8.56. The molecule has 0 bridgehead atoms. The molecule has 0 aliphatic heterocycles. The van der Waals surface area contributed by atoms with Gasteiger partial charge in [0.15, 0.2) is 0 Å². The summed E-state index contributed by atoms with van der Waals surface area (Å²) in [6, 6.07) is 0. The number of nitrogens with zero attached hydrogens (tertiary/aromatic N) is 2. The quantitative estimate of drug-likeness (QED) is 0.791. The van der Waals surface area contributed by atoms with Crippen molar-refractivity contribution in [3.05, 3.63) is 12.4 Å². The van der Waals surface area contributed by atoms with Gasteiger partial charge in [-0.15, -0.1) is 0 Å². The van der Waals surface area contributed by atoms with E-state index in [4.69, 9.17) is 0 Å². The van der Waals surface area contributed by atoms with Gasteiger partial charge in [0, 0.05) is 19.8 Å². The third kappa shape index (κ3) is 2.81. The van der Waals surface area contributed by atoms with Gasteiger partial charge in [-0.2, -0.15) is 5.10 Å². The van der Waals surface area contributed by atoms with Crippen molar-refractivity contribution in [2.24, 2.45) is 13.0 Å². The van der Waals surface area contributed by atoms with Crippen molar-refractivity contribution in [3.63, 3.8) is 0 Å². The summed E-state index contributed by atoms with van der Waals surface area (Å²) in [5, 5.41) is 3.81. The lowest BCUT2D eigenvalue weighted by Gasteiger charge is -2.06. The van der Waals surface area contributed by atoms with E-state index in [1.54, 1.807) is 7.05 Å². The molecule has 0 radical (unpaired) electrons. The molecular weight excluding hydrogens is 202 g/mol. The molecule has 80 valence electrons. The number of aromatic nitrogens is 2. The van der Waals surface area contributed by atoms with Crippen LogP contribution < -0.4 is 4.72 Å². The molecule has 0 aromatic carbocycles. The highest BCUT2D eigenvalue weighted by Crippen LogP contribution is 2.06. The van der Waals surface area contributed by atoms with Gasteiger partial charge in [0.05, 0.1) is 6.20 Å². The van der Waals surface area contributed by atoms with Crippen molar-refractivity contribution in [1.82, 2.24) is 14.5 Å². The number of rotatable bonds is 4. The van der Waals surface area contributed by atoms with Gasteiger partial charge in [0.1, 0.15) is 4.90 Å². The molecule has 1 N–H and O–H groups in total. The van der Waals surface area contributed by atoms with E-state index in [0.29, 0.717) is 12.5 Å². The van der Waals surface area contributed by atoms with Crippen molar-refractivity contribution >= 4 is 10.0 Å². The molecule has 0 spiro atoms. The number of sulfonamides is 1. The highest BCUT2D eigenvalue weighted by Gasteiger charge is 2.15. The van der Waals surface area contributed by atoms with Crippen LogP contribution in [0.15, 0.2) is 17.3 Å². The van der Waals surface area contributed by atoms with Crippen LogP contribution in [0.5, 0.6) is 0 Å². The van der Waals surface area contributed by atoms with Crippen LogP contribution >= 0.6 is 0 Å². The fourth-order valence-electron chi connectivity index (χ4n) is 0.897. The monoisotopic (exact) mass is 217 g/mol. The maximum Gasteiger partial charge on any atom is 0.243 e. The largest absolute Gasteiger partial charge is 0.274 e. The molecule has 0 fully saturated rings. The summed E-state index contributed by atoms with van der Waals surface area (Å²) in [7, 11) is -1.69. The lowest BCUT2D eigenvalue weighted by molar-refractivity contribution is 0.560. The van der Waals surface area contributed by atoms with Crippen LogP contribution in [0.4, 0.5) is 0 Å². The second-order valence-corrected chi connectivity index (χ2v) is 5.36. The Morgan fingerprint density at radius 3 is 2.64 bits per heavy atom. The summed E-state index contributed by atoms with van der Waals surface area (Å²) < 4.78 is 27.1. The molecule has 1 aromatic rings. The van der Waals surface area contributed by atoms with Crippen LogP contribution in [-0.4, -0.2) is 24.7 Å². The predicted molar refractivity (Wildman–Crippen MR) is 53.2 cm³/mol. The fourth-order valence-corrected chi connectivity index (χ4v) is 2.09. The van der Waals surface area contributed by atoms with Crippen molar-refractivity contribution in [2.45, 2.75) is 18.7 Å². The normalized spacial score (nSPS) is 12.3. The molecule has 1 rings (SSSR count). The van der Waals surface area contributed by atoms with Gasteiger partial charge in [-0.1, -0.05) is 13.8 Å². The van der Waals surface area contributed by atoms with Crippen LogP contribution in [0.25, 0.3) is 0 Å². The number of aryl methyl sites for hydroxylation is 1. The summed E-state index contributed by atoms with van der Waals surface area (Å²) in [6.07, 6.45) is 2.81. The molecule has 0 atom stereocenters. The first-order valence-corrected chi connectivity index (χ1v) is 5.88. The van der Waals surface area contributed by atoms with E-state index in [9.17, 15) is 8.42 Å². The van der Waals surface area contributed by atoms with Gasteiger partial charge in [-0.25, -0.2) is 13.1 Å². The van der Waals surface area contributed by atoms with E-state index >= 15 is 0 Å². The maximum atomic E-state index is 11.6. The third-order valence-electron chi connectivity index (χ3n) is 1.67. The molecule has 0 aliphatic rings. The zero-order valence-corrected chi connectivity index (χ0v) is 9.37. The van der Waals surface area contributed by atoms with Crippen molar-refractivity contribution in [3.8, 4) is 0 Å². The highest BCUT2D eigenvalue weighted by atomic mass is 32.2. The van der Waals surface area contributed by atoms with Gasteiger partial charge in [-0.3, -0.25) is 4.68 Å².